The molecule has 0 unspecified atom stereocenters. The lowest BCUT2D eigenvalue weighted by Crippen LogP contribution is -2.13. The molecule has 0 spiro atoms. The minimum Gasteiger partial charge on any atom is -0.322 e. The first-order chi connectivity index (χ1) is 9.38. The molecular weight excluding hydrogens is 274 g/mol. The third kappa shape index (κ3) is 2.79. The number of nitrogens with one attached hydrogen (secondary N) is 1. The molecule has 0 aliphatic rings. The molecule has 0 fully saturated rings. The van der Waals surface area contributed by atoms with Crippen LogP contribution in [0.4, 0.5) is 23.2 Å². The molecule has 1 amide bonds. The maximum absolute atomic E-state index is 13.3. The molecule has 2 rings (SSSR count). The molecule has 104 valence electrons. The SMILES string of the molecule is Cc1ccc(NC(=O)c2cc(F)c(F)c(F)c2)cc1F. The molecule has 0 heterocycles. The Morgan fingerprint density at radius 3 is 2.10 bits per heavy atom. The Kier molecular flexibility index (Phi) is 3.74. The first-order valence-corrected chi connectivity index (χ1v) is 5.60. The van der Waals surface area contributed by atoms with Gasteiger partial charge in [-0.1, -0.05) is 6.07 Å². The van der Waals surface area contributed by atoms with Crippen molar-refractivity contribution in [1.82, 2.24) is 0 Å². The monoisotopic (exact) mass is 283 g/mol. The Morgan fingerprint density at radius 1 is 0.950 bits per heavy atom. The van der Waals surface area contributed by atoms with Crippen LogP contribution < -0.4 is 5.32 Å². The second-order valence-electron chi connectivity index (χ2n) is 4.17. The standard InChI is InChI=1S/C14H9F4NO/c1-7-2-3-9(6-10(7)15)19-14(20)8-4-11(16)13(18)12(17)5-8/h2-6H,1H3,(H,19,20). The molecule has 0 atom stereocenters. The number of hydrogen-bond donors (Lipinski definition) is 1. The highest BCUT2D eigenvalue weighted by atomic mass is 19.2. The lowest BCUT2D eigenvalue weighted by molar-refractivity contribution is 0.102. The van der Waals surface area contributed by atoms with Gasteiger partial charge in [0.05, 0.1) is 0 Å². The average molecular weight is 283 g/mol. The quantitative estimate of drug-likeness (QED) is 0.659. The second kappa shape index (κ2) is 5.32. The summed E-state index contributed by atoms with van der Waals surface area (Å²) in [6.07, 6.45) is 0. The predicted molar refractivity (Wildman–Crippen MR) is 65.4 cm³/mol. The van der Waals surface area contributed by atoms with Crippen LogP contribution in [0.3, 0.4) is 0 Å². The van der Waals surface area contributed by atoms with E-state index in [1.807, 2.05) is 0 Å². The molecule has 0 aliphatic carbocycles. The zero-order chi connectivity index (χ0) is 14.9. The van der Waals surface area contributed by atoms with Gasteiger partial charge in [0.15, 0.2) is 17.5 Å². The zero-order valence-corrected chi connectivity index (χ0v) is 10.3. The van der Waals surface area contributed by atoms with E-state index in [9.17, 15) is 22.4 Å². The Labute approximate surface area is 112 Å². The number of carbonyl (C=O) groups excluding carboxylic acids is 1. The molecule has 2 aromatic rings. The van der Waals surface area contributed by atoms with E-state index < -0.39 is 34.7 Å². The van der Waals surface area contributed by atoms with Gasteiger partial charge in [0.25, 0.3) is 5.91 Å². The van der Waals surface area contributed by atoms with Crippen LogP contribution in [0, 0.1) is 30.2 Å². The van der Waals surface area contributed by atoms with E-state index in [0.29, 0.717) is 17.7 Å². The number of halogens is 4. The summed E-state index contributed by atoms with van der Waals surface area (Å²) in [5.74, 6) is -5.98. The molecule has 0 saturated heterocycles. The lowest BCUT2D eigenvalue weighted by atomic mass is 10.1. The van der Waals surface area contributed by atoms with Crippen LogP contribution >= 0.6 is 0 Å². The fraction of sp³-hybridized carbons (Fsp3) is 0.0714. The summed E-state index contributed by atoms with van der Waals surface area (Å²) in [6, 6.07) is 5.09. The Bertz CT molecular complexity index is 662. The van der Waals surface area contributed by atoms with E-state index in [0.717, 1.165) is 6.07 Å². The van der Waals surface area contributed by atoms with Gasteiger partial charge in [0.2, 0.25) is 0 Å². The van der Waals surface area contributed by atoms with Crippen LogP contribution in [0.15, 0.2) is 30.3 Å². The highest BCUT2D eigenvalue weighted by Crippen LogP contribution is 2.17. The summed E-state index contributed by atoms with van der Waals surface area (Å²) in [7, 11) is 0. The zero-order valence-electron chi connectivity index (χ0n) is 10.3. The van der Waals surface area contributed by atoms with Crippen molar-refractivity contribution in [3.05, 3.63) is 64.7 Å². The molecule has 0 radical (unpaired) electrons. The fourth-order valence-electron chi connectivity index (χ4n) is 1.56. The van der Waals surface area contributed by atoms with Crippen LogP contribution in [-0.2, 0) is 0 Å². The van der Waals surface area contributed by atoms with E-state index in [1.165, 1.54) is 12.1 Å². The summed E-state index contributed by atoms with van der Waals surface area (Å²) in [5, 5.41) is 2.27. The molecule has 0 bridgehead atoms. The molecule has 2 aromatic carbocycles. The van der Waals surface area contributed by atoms with Gasteiger partial charge in [-0.2, -0.15) is 0 Å². The Morgan fingerprint density at radius 2 is 1.55 bits per heavy atom. The van der Waals surface area contributed by atoms with Gasteiger partial charge < -0.3 is 5.32 Å². The number of benzene rings is 2. The fourth-order valence-corrected chi connectivity index (χ4v) is 1.56. The van der Waals surface area contributed by atoms with Crippen molar-refractivity contribution in [2.24, 2.45) is 0 Å². The van der Waals surface area contributed by atoms with E-state index in [4.69, 9.17) is 0 Å². The summed E-state index contributed by atoms with van der Waals surface area (Å²) >= 11 is 0. The first-order valence-electron chi connectivity index (χ1n) is 5.60. The maximum atomic E-state index is 13.3. The van der Waals surface area contributed by atoms with E-state index in [2.05, 4.69) is 5.32 Å². The van der Waals surface area contributed by atoms with Gasteiger partial charge in [-0.05, 0) is 36.8 Å². The molecule has 1 N–H and O–H groups in total. The molecule has 2 nitrogen and oxygen atoms in total. The van der Waals surface area contributed by atoms with Gasteiger partial charge in [-0.3, -0.25) is 4.79 Å². The van der Waals surface area contributed by atoms with Crippen molar-refractivity contribution >= 4 is 11.6 Å². The highest BCUT2D eigenvalue weighted by Gasteiger charge is 2.15. The molecule has 0 saturated carbocycles. The lowest BCUT2D eigenvalue weighted by Gasteiger charge is -2.07. The van der Waals surface area contributed by atoms with Crippen LogP contribution in [0.5, 0.6) is 0 Å². The van der Waals surface area contributed by atoms with Crippen LogP contribution in [-0.4, -0.2) is 5.91 Å². The number of hydrogen-bond acceptors (Lipinski definition) is 1. The van der Waals surface area contributed by atoms with Crippen molar-refractivity contribution < 1.29 is 22.4 Å². The largest absolute Gasteiger partial charge is 0.322 e. The normalized spacial score (nSPS) is 10.4. The van der Waals surface area contributed by atoms with E-state index in [-0.39, 0.29) is 5.69 Å². The molecular formula is C14H9F4NO. The first kappa shape index (κ1) is 14.0. The summed E-state index contributed by atoms with van der Waals surface area (Å²) < 4.78 is 52.1. The number of rotatable bonds is 2. The molecule has 6 heteroatoms. The second-order valence-corrected chi connectivity index (χ2v) is 4.17. The topological polar surface area (TPSA) is 29.1 Å². The minimum absolute atomic E-state index is 0.128. The average Bonchev–Trinajstić information content (AvgIpc) is 2.39. The van der Waals surface area contributed by atoms with Crippen LogP contribution in [0.1, 0.15) is 15.9 Å². The summed E-state index contributed by atoms with van der Waals surface area (Å²) in [4.78, 5) is 11.7. The summed E-state index contributed by atoms with van der Waals surface area (Å²) in [5.41, 5.74) is 0.118. The van der Waals surface area contributed by atoms with Crippen molar-refractivity contribution in [2.45, 2.75) is 6.92 Å². The number of anilines is 1. The van der Waals surface area contributed by atoms with Crippen molar-refractivity contribution in [3.63, 3.8) is 0 Å². The van der Waals surface area contributed by atoms with Crippen LogP contribution in [0.25, 0.3) is 0 Å². The number of carbonyl (C=O) groups is 1. The molecule has 0 aromatic heterocycles. The Balaban J connectivity index is 2.26. The van der Waals surface area contributed by atoms with Crippen molar-refractivity contribution in [1.29, 1.82) is 0 Å². The smallest absolute Gasteiger partial charge is 0.255 e. The third-order valence-electron chi connectivity index (χ3n) is 2.68. The third-order valence-corrected chi connectivity index (χ3v) is 2.68. The van der Waals surface area contributed by atoms with E-state index >= 15 is 0 Å². The van der Waals surface area contributed by atoms with E-state index in [1.54, 1.807) is 6.92 Å². The molecule has 0 aliphatic heterocycles. The summed E-state index contributed by atoms with van der Waals surface area (Å²) in [6.45, 7) is 1.55. The number of aryl methyl sites for hydroxylation is 1. The predicted octanol–water partition coefficient (Wildman–Crippen LogP) is 3.80. The maximum Gasteiger partial charge on any atom is 0.255 e. The highest BCUT2D eigenvalue weighted by molar-refractivity contribution is 6.04. The van der Waals surface area contributed by atoms with Crippen LogP contribution in [0.2, 0.25) is 0 Å². The number of amides is 1. The Hall–Kier alpha value is -2.37. The van der Waals surface area contributed by atoms with Gasteiger partial charge >= 0.3 is 0 Å². The van der Waals surface area contributed by atoms with Gasteiger partial charge in [0, 0.05) is 11.3 Å². The van der Waals surface area contributed by atoms with Crippen molar-refractivity contribution in [3.8, 4) is 0 Å². The van der Waals surface area contributed by atoms with Crippen molar-refractivity contribution in [2.75, 3.05) is 5.32 Å². The minimum atomic E-state index is -1.65. The van der Waals surface area contributed by atoms with Gasteiger partial charge in [-0.25, -0.2) is 17.6 Å². The van der Waals surface area contributed by atoms with Gasteiger partial charge in [-0.15, -0.1) is 0 Å². The van der Waals surface area contributed by atoms with Gasteiger partial charge in [0.1, 0.15) is 5.82 Å². The molecule has 20 heavy (non-hydrogen) atoms.